The third kappa shape index (κ3) is 41.3. The highest BCUT2D eigenvalue weighted by molar-refractivity contribution is 7.46. The normalized spacial score (nSPS) is 13.5. The SMILES string of the molecule is CCCCCCCCCCCC(=O)O[C@H](CCCCCCCCCCC)CC(=O)N[C@@H](CO)CCCNC(=O)C(CCOP(=O)(O)O)NC(=O)C[C@H](O)CCCCCCCCCCC. The monoisotopic (exact) mass is 934 g/mol. The Kier molecular flexibility index (Phi) is 42.1. The second-order valence-electron chi connectivity index (χ2n) is 18.1. The molecule has 3 amide bonds. The van der Waals surface area contributed by atoms with Gasteiger partial charge in [-0.2, -0.15) is 0 Å². The lowest BCUT2D eigenvalue weighted by Crippen LogP contribution is -2.48. The van der Waals surface area contributed by atoms with Gasteiger partial charge in [-0.3, -0.25) is 23.7 Å². The molecule has 0 aromatic rings. The summed E-state index contributed by atoms with van der Waals surface area (Å²) in [6, 6.07) is -1.77. The van der Waals surface area contributed by atoms with Gasteiger partial charge in [0.2, 0.25) is 17.7 Å². The molecule has 15 heteroatoms. The fraction of sp³-hybridized carbons (Fsp3) is 0.918. The molecule has 7 N–H and O–H groups in total. The van der Waals surface area contributed by atoms with Gasteiger partial charge in [-0.1, -0.05) is 181 Å². The number of phosphoric acid groups is 1. The van der Waals surface area contributed by atoms with Gasteiger partial charge in [0, 0.05) is 19.4 Å². The molecule has 0 aliphatic rings. The lowest BCUT2D eigenvalue weighted by molar-refractivity contribution is -0.151. The Balaban J connectivity index is 5.00. The van der Waals surface area contributed by atoms with Crippen molar-refractivity contribution in [3.8, 4) is 0 Å². The Morgan fingerprint density at radius 1 is 0.547 bits per heavy atom. The van der Waals surface area contributed by atoms with Crippen molar-refractivity contribution >= 4 is 31.5 Å². The third-order valence-electron chi connectivity index (χ3n) is 11.8. The molecule has 0 rings (SSSR count). The molecule has 14 nitrogen and oxygen atoms in total. The van der Waals surface area contributed by atoms with E-state index in [0.717, 1.165) is 64.2 Å². The van der Waals surface area contributed by atoms with Gasteiger partial charge >= 0.3 is 13.8 Å². The lowest BCUT2D eigenvalue weighted by Gasteiger charge is -2.21. The molecular weight excluding hydrogens is 838 g/mol. The fourth-order valence-corrected chi connectivity index (χ4v) is 8.26. The van der Waals surface area contributed by atoms with Crippen LogP contribution in [0, 0.1) is 0 Å². The first-order valence-electron chi connectivity index (χ1n) is 25.9. The van der Waals surface area contributed by atoms with Crippen LogP contribution in [0.15, 0.2) is 0 Å². The summed E-state index contributed by atoms with van der Waals surface area (Å²) in [5, 5.41) is 28.7. The first-order chi connectivity index (χ1) is 30.8. The van der Waals surface area contributed by atoms with Crippen LogP contribution >= 0.6 is 7.82 Å². The van der Waals surface area contributed by atoms with Gasteiger partial charge < -0.3 is 40.7 Å². The highest BCUT2D eigenvalue weighted by atomic mass is 31.2. The number of esters is 1. The molecule has 4 atom stereocenters. The molecular formula is C49H96N3O11P. The smallest absolute Gasteiger partial charge is 0.462 e. The first-order valence-corrected chi connectivity index (χ1v) is 27.4. The molecule has 0 saturated carbocycles. The molecule has 0 heterocycles. The van der Waals surface area contributed by atoms with Crippen molar-refractivity contribution in [3.63, 3.8) is 0 Å². The minimum absolute atomic E-state index is 0.000293. The lowest BCUT2D eigenvalue weighted by atomic mass is 10.0. The maximum atomic E-state index is 13.2. The number of hydrogen-bond acceptors (Lipinski definition) is 9. The molecule has 64 heavy (non-hydrogen) atoms. The second kappa shape index (κ2) is 43.5. The Morgan fingerprint density at radius 3 is 1.48 bits per heavy atom. The molecule has 0 aliphatic heterocycles. The Labute approximate surface area is 389 Å². The summed E-state index contributed by atoms with van der Waals surface area (Å²) in [6.45, 7) is 5.93. The van der Waals surface area contributed by atoms with Crippen molar-refractivity contribution in [1.82, 2.24) is 16.0 Å². The average Bonchev–Trinajstić information content (AvgIpc) is 3.24. The van der Waals surface area contributed by atoms with Crippen LogP contribution in [0.2, 0.25) is 0 Å². The molecule has 0 radical (unpaired) electrons. The number of ether oxygens (including phenoxy) is 1. The summed E-state index contributed by atoms with van der Waals surface area (Å²) in [5.74, 6) is -1.76. The van der Waals surface area contributed by atoms with Crippen molar-refractivity contribution in [1.29, 1.82) is 0 Å². The highest BCUT2D eigenvalue weighted by Gasteiger charge is 2.25. The van der Waals surface area contributed by atoms with Crippen molar-refractivity contribution in [3.05, 3.63) is 0 Å². The van der Waals surface area contributed by atoms with E-state index in [2.05, 4.69) is 41.2 Å². The summed E-state index contributed by atoms with van der Waals surface area (Å²) in [6.07, 6.45) is 31.1. The number of aliphatic hydroxyl groups excluding tert-OH is 2. The first kappa shape index (κ1) is 61.9. The average molecular weight is 934 g/mol. The summed E-state index contributed by atoms with van der Waals surface area (Å²) < 4.78 is 21.6. The van der Waals surface area contributed by atoms with Crippen molar-refractivity contribution in [2.24, 2.45) is 0 Å². The zero-order chi connectivity index (χ0) is 47.5. The maximum absolute atomic E-state index is 13.2. The van der Waals surface area contributed by atoms with Crippen LogP contribution in [0.4, 0.5) is 0 Å². The Hall–Kier alpha value is -2.09. The van der Waals surface area contributed by atoms with Crippen LogP contribution in [0.1, 0.15) is 245 Å². The predicted molar refractivity (Wildman–Crippen MR) is 256 cm³/mol. The number of carbonyl (C=O) groups excluding carboxylic acids is 4. The number of phosphoric ester groups is 1. The molecule has 378 valence electrons. The molecule has 0 aromatic heterocycles. The number of unbranched alkanes of at least 4 members (excludes halogenated alkanes) is 24. The third-order valence-corrected chi connectivity index (χ3v) is 12.3. The number of aliphatic hydroxyl groups is 2. The predicted octanol–water partition coefficient (Wildman–Crippen LogP) is 10.2. The molecule has 0 saturated heterocycles. The quantitative estimate of drug-likeness (QED) is 0.0173. The zero-order valence-electron chi connectivity index (χ0n) is 40.8. The molecule has 1 unspecified atom stereocenters. The molecule has 0 bridgehead atoms. The van der Waals surface area contributed by atoms with E-state index < -0.39 is 50.5 Å². The minimum Gasteiger partial charge on any atom is -0.462 e. The summed E-state index contributed by atoms with van der Waals surface area (Å²) in [5.41, 5.74) is 0. The Morgan fingerprint density at radius 2 is 1.00 bits per heavy atom. The van der Waals surface area contributed by atoms with Crippen molar-refractivity contribution in [2.45, 2.75) is 270 Å². The molecule has 0 spiro atoms. The summed E-state index contributed by atoms with van der Waals surface area (Å²) in [4.78, 5) is 70.2. The van der Waals surface area contributed by atoms with Crippen LogP contribution in [-0.4, -0.2) is 87.7 Å². The summed E-state index contributed by atoms with van der Waals surface area (Å²) in [7, 11) is -4.80. The fourth-order valence-electron chi connectivity index (χ4n) is 7.91. The molecule has 0 aliphatic carbocycles. The molecule has 0 aromatic carbocycles. The van der Waals surface area contributed by atoms with Crippen LogP contribution in [0.3, 0.4) is 0 Å². The summed E-state index contributed by atoms with van der Waals surface area (Å²) >= 11 is 0. The zero-order valence-corrected chi connectivity index (χ0v) is 41.7. The number of hydrogen-bond donors (Lipinski definition) is 7. The second-order valence-corrected chi connectivity index (χ2v) is 19.3. The van der Waals surface area contributed by atoms with Gasteiger partial charge in [-0.05, 0) is 38.5 Å². The van der Waals surface area contributed by atoms with E-state index in [1.54, 1.807) is 0 Å². The number of nitrogens with one attached hydrogen (secondary N) is 3. The molecule has 0 fully saturated rings. The van der Waals surface area contributed by atoms with Crippen LogP contribution < -0.4 is 16.0 Å². The van der Waals surface area contributed by atoms with Gasteiger partial charge in [-0.25, -0.2) is 4.57 Å². The van der Waals surface area contributed by atoms with E-state index in [9.17, 15) is 34.0 Å². The standard InChI is InChI=1S/C49H96N3O11P/c1-4-7-10-13-16-19-22-25-28-33-43(54)39-46(55)52-45(36-38-62-64(59,60)61)49(58)50-37-31-32-42(41-53)51-47(56)40-44(34-29-26-23-20-17-14-11-8-5-2)63-48(57)35-30-27-24-21-18-15-12-9-6-3/h42-45,53-54H,4-41H2,1-3H3,(H,50,58)(H,51,56)(H,52,55)(H2,59,60,61)/t42-,43-,44-,45?/m1/s1. The van der Waals surface area contributed by atoms with E-state index in [4.69, 9.17) is 14.5 Å². The van der Waals surface area contributed by atoms with Crippen LogP contribution in [0.25, 0.3) is 0 Å². The highest BCUT2D eigenvalue weighted by Crippen LogP contribution is 2.35. The van der Waals surface area contributed by atoms with E-state index in [1.165, 1.54) is 109 Å². The Bertz CT molecular complexity index is 1190. The van der Waals surface area contributed by atoms with Crippen molar-refractivity contribution < 1.29 is 53.0 Å². The van der Waals surface area contributed by atoms with E-state index >= 15 is 0 Å². The van der Waals surface area contributed by atoms with Crippen molar-refractivity contribution in [2.75, 3.05) is 19.8 Å². The number of carbonyl (C=O) groups is 4. The van der Waals surface area contributed by atoms with Gasteiger partial charge in [0.1, 0.15) is 12.1 Å². The van der Waals surface area contributed by atoms with Gasteiger partial charge in [0.15, 0.2) is 0 Å². The largest absolute Gasteiger partial charge is 0.469 e. The minimum atomic E-state index is -4.80. The van der Waals surface area contributed by atoms with E-state index in [1.807, 2.05) is 0 Å². The van der Waals surface area contributed by atoms with Gasteiger partial charge in [-0.15, -0.1) is 0 Å². The van der Waals surface area contributed by atoms with Gasteiger partial charge in [0.05, 0.1) is 38.2 Å². The van der Waals surface area contributed by atoms with E-state index in [-0.39, 0.29) is 44.3 Å². The maximum Gasteiger partial charge on any atom is 0.469 e. The number of rotatable bonds is 47. The van der Waals surface area contributed by atoms with Gasteiger partial charge in [0.25, 0.3) is 0 Å². The van der Waals surface area contributed by atoms with Crippen LogP contribution in [-0.2, 0) is 33.0 Å². The number of amides is 3. The van der Waals surface area contributed by atoms with E-state index in [0.29, 0.717) is 32.1 Å². The topological polar surface area (TPSA) is 221 Å². The van der Waals surface area contributed by atoms with Crippen LogP contribution in [0.5, 0.6) is 0 Å².